The van der Waals surface area contributed by atoms with Gasteiger partial charge in [-0.15, -0.1) is 0 Å². The third-order valence-corrected chi connectivity index (χ3v) is 3.18. The van der Waals surface area contributed by atoms with Gasteiger partial charge in [-0.05, 0) is 25.7 Å². The number of carboxylic acids is 1. The summed E-state index contributed by atoms with van der Waals surface area (Å²) in [6.07, 6.45) is 1.44. The maximum Gasteiger partial charge on any atom is 0.333 e. The number of nitro groups is 1. The Hall–Kier alpha value is -2.12. The van der Waals surface area contributed by atoms with Crippen LogP contribution in [0.3, 0.4) is 0 Å². The highest BCUT2D eigenvalue weighted by Gasteiger charge is 2.25. The molecule has 0 spiro atoms. The Labute approximate surface area is 123 Å². The molecule has 0 aliphatic heterocycles. The van der Waals surface area contributed by atoms with Gasteiger partial charge >= 0.3 is 11.7 Å². The lowest BCUT2D eigenvalue weighted by atomic mass is 10.1. The monoisotopic (exact) mass is 298 g/mol. The molecule has 0 bridgehead atoms. The van der Waals surface area contributed by atoms with E-state index in [1.54, 1.807) is 11.6 Å². The number of nitrogens with one attached hydrogen (secondary N) is 1. The minimum absolute atomic E-state index is 0.00566. The molecule has 21 heavy (non-hydrogen) atoms. The van der Waals surface area contributed by atoms with Gasteiger partial charge in [0.1, 0.15) is 5.69 Å². The Kier molecular flexibility index (Phi) is 6.13. The van der Waals surface area contributed by atoms with Crippen LogP contribution >= 0.6 is 0 Å². The van der Waals surface area contributed by atoms with Gasteiger partial charge in [0.05, 0.1) is 4.92 Å². The molecular formula is C13H22N4O4. The fourth-order valence-corrected chi connectivity index (χ4v) is 2.08. The molecule has 1 atom stereocenters. The molecule has 2 N–H and O–H groups in total. The smallest absolute Gasteiger partial charge is 0.333 e. The lowest BCUT2D eigenvalue weighted by Gasteiger charge is -2.13. The number of aliphatic carboxylic acids is 1. The molecule has 0 amide bonds. The normalized spacial score (nSPS) is 12.1. The number of hydrogen-bond acceptors (Lipinski definition) is 5. The Morgan fingerprint density at radius 2 is 2.24 bits per heavy atom. The molecule has 1 aromatic heterocycles. The predicted molar refractivity (Wildman–Crippen MR) is 78.4 cm³/mol. The molecule has 1 heterocycles. The minimum Gasteiger partial charge on any atom is -0.481 e. The summed E-state index contributed by atoms with van der Waals surface area (Å²) in [5.74, 6) is -0.327. The van der Waals surface area contributed by atoms with Crippen molar-refractivity contribution in [1.29, 1.82) is 0 Å². The number of aryl methyl sites for hydroxylation is 2. The summed E-state index contributed by atoms with van der Waals surface area (Å²) < 4.78 is 1.61. The van der Waals surface area contributed by atoms with Crippen molar-refractivity contribution in [2.45, 2.75) is 46.6 Å². The first-order valence-corrected chi connectivity index (χ1v) is 7.04. The number of carbonyl (C=O) groups is 1. The average molecular weight is 298 g/mol. The highest BCUT2D eigenvalue weighted by molar-refractivity contribution is 5.66. The van der Waals surface area contributed by atoms with Gasteiger partial charge in [-0.3, -0.25) is 14.9 Å². The maximum atomic E-state index is 11.2. The standard InChI is InChI=1S/C13H22N4O4/c1-4-7-16-13(12(17(20)21)10(3)15-16)14-8-9(2)5-6-11(18)19/h9,14H,4-8H2,1-3H3,(H,18,19). The van der Waals surface area contributed by atoms with Crippen molar-refractivity contribution < 1.29 is 14.8 Å². The third kappa shape index (κ3) is 4.73. The molecule has 1 aromatic rings. The van der Waals surface area contributed by atoms with E-state index in [9.17, 15) is 14.9 Å². The zero-order valence-electron chi connectivity index (χ0n) is 12.6. The van der Waals surface area contributed by atoms with E-state index in [-0.39, 0.29) is 18.0 Å². The van der Waals surface area contributed by atoms with E-state index in [1.165, 1.54) is 0 Å². The van der Waals surface area contributed by atoms with E-state index < -0.39 is 10.9 Å². The molecule has 0 aliphatic carbocycles. The molecule has 0 saturated carbocycles. The second-order valence-electron chi connectivity index (χ2n) is 5.18. The molecule has 1 unspecified atom stereocenters. The molecule has 0 saturated heterocycles. The summed E-state index contributed by atoms with van der Waals surface area (Å²) in [6.45, 7) is 6.57. The largest absolute Gasteiger partial charge is 0.481 e. The number of nitrogens with zero attached hydrogens (tertiary/aromatic N) is 3. The van der Waals surface area contributed by atoms with Crippen LogP contribution in [0.25, 0.3) is 0 Å². The molecular weight excluding hydrogens is 276 g/mol. The van der Waals surface area contributed by atoms with Crippen molar-refractivity contribution >= 4 is 17.5 Å². The summed E-state index contributed by atoms with van der Waals surface area (Å²) in [4.78, 5) is 21.3. The fourth-order valence-electron chi connectivity index (χ4n) is 2.08. The number of anilines is 1. The molecule has 1 rings (SSSR count). The van der Waals surface area contributed by atoms with E-state index in [4.69, 9.17) is 5.11 Å². The Morgan fingerprint density at radius 3 is 2.76 bits per heavy atom. The van der Waals surface area contributed by atoms with Crippen LogP contribution in [0.5, 0.6) is 0 Å². The molecule has 118 valence electrons. The first-order chi connectivity index (χ1) is 9.86. The summed E-state index contributed by atoms with van der Waals surface area (Å²) in [5.41, 5.74) is 0.378. The SMILES string of the molecule is CCCn1nc(C)c([N+](=O)[O-])c1NCC(C)CCC(=O)O. The molecule has 0 fully saturated rings. The van der Waals surface area contributed by atoms with Gasteiger partial charge in [0.2, 0.25) is 5.82 Å². The van der Waals surface area contributed by atoms with Gasteiger partial charge in [0.15, 0.2) is 0 Å². The zero-order chi connectivity index (χ0) is 16.0. The van der Waals surface area contributed by atoms with Gasteiger partial charge in [-0.25, -0.2) is 4.68 Å². The number of carboxylic acid groups (broad SMARTS) is 1. The van der Waals surface area contributed by atoms with Crippen LogP contribution in [0, 0.1) is 23.0 Å². The highest BCUT2D eigenvalue weighted by Crippen LogP contribution is 2.28. The van der Waals surface area contributed by atoms with Crippen LogP contribution < -0.4 is 5.32 Å². The van der Waals surface area contributed by atoms with Gasteiger partial charge < -0.3 is 10.4 Å². The van der Waals surface area contributed by atoms with Crippen LogP contribution in [0.4, 0.5) is 11.5 Å². The van der Waals surface area contributed by atoms with E-state index in [0.717, 1.165) is 6.42 Å². The predicted octanol–water partition coefficient (Wildman–Crippen LogP) is 2.42. The fraction of sp³-hybridized carbons (Fsp3) is 0.692. The highest BCUT2D eigenvalue weighted by atomic mass is 16.6. The topological polar surface area (TPSA) is 110 Å². The van der Waals surface area contributed by atoms with Crippen LogP contribution in [0.15, 0.2) is 0 Å². The second kappa shape index (κ2) is 7.61. The van der Waals surface area contributed by atoms with Crippen molar-refractivity contribution in [2.75, 3.05) is 11.9 Å². The lowest BCUT2D eigenvalue weighted by molar-refractivity contribution is -0.384. The molecule has 8 heteroatoms. The van der Waals surface area contributed by atoms with Crippen LogP contribution in [-0.2, 0) is 11.3 Å². The molecule has 0 aliphatic rings. The first kappa shape index (κ1) is 16.9. The van der Waals surface area contributed by atoms with Gasteiger partial charge in [0.25, 0.3) is 0 Å². The lowest BCUT2D eigenvalue weighted by Crippen LogP contribution is -2.16. The Balaban J connectivity index is 2.80. The maximum absolute atomic E-state index is 11.2. The Morgan fingerprint density at radius 1 is 1.57 bits per heavy atom. The average Bonchev–Trinajstić information content (AvgIpc) is 2.70. The van der Waals surface area contributed by atoms with E-state index in [0.29, 0.717) is 31.0 Å². The molecule has 8 nitrogen and oxygen atoms in total. The minimum atomic E-state index is -0.834. The van der Waals surface area contributed by atoms with Gasteiger partial charge in [-0.2, -0.15) is 5.10 Å². The van der Waals surface area contributed by atoms with Crippen molar-refractivity contribution in [2.24, 2.45) is 5.92 Å². The number of aromatic nitrogens is 2. The van der Waals surface area contributed by atoms with Gasteiger partial charge in [0, 0.05) is 19.5 Å². The van der Waals surface area contributed by atoms with E-state index >= 15 is 0 Å². The van der Waals surface area contributed by atoms with Crippen molar-refractivity contribution in [3.05, 3.63) is 15.8 Å². The second-order valence-corrected chi connectivity index (χ2v) is 5.18. The van der Waals surface area contributed by atoms with Crippen LogP contribution in [0.2, 0.25) is 0 Å². The summed E-state index contributed by atoms with van der Waals surface area (Å²) >= 11 is 0. The number of hydrogen-bond donors (Lipinski definition) is 2. The molecule has 0 aromatic carbocycles. The van der Waals surface area contributed by atoms with Crippen LogP contribution in [0.1, 0.15) is 38.8 Å². The summed E-state index contributed by atoms with van der Waals surface area (Å²) in [7, 11) is 0. The van der Waals surface area contributed by atoms with Crippen molar-refractivity contribution in [3.63, 3.8) is 0 Å². The van der Waals surface area contributed by atoms with Gasteiger partial charge in [-0.1, -0.05) is 13.8 Å². The summed E-state index contributed by atoms with van der Waals surface area (Å²) in [5, 5.41) is 27.1. The van der Waals surface area contributed by atoms with E-state index in [1.807, 2.05) is 13.8 Å². The van der Waals surface area contributed by atoms with E-state index in [2.05, 4.69) is 10.4 Å². The summed E-state index contributed by atoms with van der Waals surface area (Å²) in [6, 6.07) is 0. The van der Waals surface area contributed by atoms with Crippen molar-refractivity contribution in [3.8, 4) is 0 Å². The Bertz CT molecular complexity index is 513. The zero-order valence-corrected chi connectivity index (χ0v) is 12.6. The van der Waals surface area contributed by atoms with Crippen molar-refractivity contribution in [1.82, 2.24) is 9.78 Å². The quantitative estimate of drug-likeness (QED) is 0.535. The molecule has 0 radical (unpaired) electrons. The third-order valence-electron chi connectivity index (χ3n) is 3.18. The van der Waals surface area contributed by atoms with Crippen LogP contribution in [-0.4, -0.2) is 32.3 Å². The first-order valence-electron chi connectivity index (χ1n) is 7.04. The number of rotatable bonds is 9.